The van der Waals surface area contributed by atoms with Crippen LogP contribution < -0.4 is 14.8 Å². The van der Waals surface area contributed by atoms with Crippen LogP contribution in [0.3, 0.4) is 0 Å². The standard InChI is InChI=1S/C15H23ClN2O4/c1-5-6-18(7-8-20-2)15(19)17-12-9-11(16)13(21-3)10-14(12)22-4/h9-10H,5-8H2,1-4H3,(H,17,19). The van der Waals surface area contributed by atoms with Crippen molar-refractivity contribution in [3.05, 3.63) is 17.2 Å². The van der Waals surface area contributed by atoms with Crippen LogP contribution in [-0.4, -0.2) is 52.0 Å². The molecule has 0 aromatic heterocycles. The van der Waals surface area contributed by atoms with Crippen molar-refractivity contribution in [2.45, 2.75) is 13.3 Å². The van der Waals surface area contributed by atoms with Gasteiger partial charge in [-0.2, -0.15) is 0 Å². The Morgan fingerprint density at radius 2 is 1.86 bits per heavy atom. The van der Waals surface area contributed by atoms with Gasteiger partial charge < -0.3 is 24.4 Å². The Morgan fingerprint density at radius 3 is 2.41 bits per heavy atom. The third-order valence-corrected chi connectivity index (χ3v) is 3.36. The number of methoxy groups -OCH3 is 3. The molecule has 1 rings (SSSR count). The maximum Gasteiger partial charge on any atom is 0.322 e. The molecular weight excluding hydrogens is 308 g/mol. The summed E-state index contributed by atoms with van der Waals surface area (Å²) in [6, 6.07) is 3.02. The molecule has 0 saturated heterocycles. The fourth-order valence-corrected chi connectivity index (χ4v) is 2.18. The van der Waals surface area contributed by atoms with Crippen molar-refractivity contribution < 1.29 is 19.0 Å². The lowest BCUT2D eigenvalue weighted by Crippen LogP contribution is -2.37. The summed E-state index contributed by atoms with van der Waals surface area (Å²) in [5.74, 6) is 0.971. The first kappa shape index (κ1) is 18.4. The summed E-state index contributed by atoms with van der Waals surface area (Å²) < 4.78 is 15.4. The molecule has 0 aliphatic carbocycles. The zero-order valence-electron chi connectivity index (χ0n) is 13.4. The Labute approximate surface area is 136 Å². The number of amides is 2. The zero-order chi connectivity index (χ0) is 16.5. The molecule has 0 unspecified atom stereocenters. The Bertz CT molecular complexity index is 497. The Morgan fingerprint density at radius 1 is 1.18 bits per heavy atom. The van der Waals surface area contributed by atoms with Crippen molar-refractivity contribution in [1.82, 2.24) is 4.90 Å². The second kappa shape index (κ2) is 9.38. The van der Waals surface area contributed by atoms with Crippen LogP contribution >= 0.6 is 11.6 Å². The van der Waals surface area contributed by atoms with E-state index in [0.717, 1.165) is 6.42 Å². The molecule has 0 radical (unpaired) electrons. The van der Waals surface area contributed by atoms with Crippen LogP contribution in [-0.2, 0) is 4.74 Å². The molecule has 124 valence electrons. The normalized spacial score (nSPS) is 10.2. The summed E-state index contributed by atoms with van der Waals surface area (Å²) in [7, 11) is 4.65. The van der Waals surface area contributed by atoms with Crippen molar-refractivity contribution in [2.24, 2.45) is 0 Å². The lowest BCUT2D eigenvalue weighted by Gasteiger charge is -2.23. The molecule has 1 N–H and O–H groups in total. The number of anilines is 1. The van der Waals surface area contributed by atoms with Crippen molar-refractivity contribution >= 4 is 23.3 Å². The minimum absolute atomic E-state index is 0.224. The fourth-order valence-electron chi connectivity index (χ4n) is 1.94. The minimum atomic E-state index is -0.224. The average molecular weight is 331 g/mol. The van der Waals surface area contributed by atoms with E-state index in [0.29, 0.717) is 41.9 Å². The van der Waals surface area contributed by atoms with Crippen LogP contribution in [0, 0.1) is 0 Å². The van der Waals surface area contributed by atoms with E-state index in [1.165, 1.54) is 14.2 Å². The molecule has 0 aliphatic heterocycles. The highest BCUT2D eigenvalue weighted by molar-refractivity contribution is 6.32. The van der Waals surface area contributed by atoms with E-state index < -0.39 is 0 Å². The van der Waals surface area contributed by atoms with Crippen LogP contribution in [0.1, 0.15) is 13.3 Å². The van der Waals surface area contributed by atoms with E-state index in [2.05, 4.69) is 5.32 Å². The van der Waals surface area contributed by atoms with Gasteiger partial charge in [0, 0.05) is 26.3 Å². The Hall–Kier alpha value is -1.66. The first-order valence-electron chi connectivity index (χ1n) is 7.03. The van der Waals surface area contributed by atoms with Crippen LogP contribution in [0.4, 0.5) is 10.5 Å². The van der Waals surface area contributed by atoms with Crippen molar-refractivity contribution in [3.8, 4) is 11.5 Å². The molecule has 2 amide bonds. The molecule has 0 atom stereocenters. The number of halogens is 1. The maximum atomic E-state index is 12.4. The van der Waals surface area contributed by atoms with Gasteiger partial charge >= 0.3 is 6.03 Å². The highest BCUT2D eigenvalue weighted by Crippen LogP contribution is 2.35. The molecular formula is C15H23ClN2O4. The Balaban J connectivity index is 2.91. The molecule has 6 nitrogen and oxygen atoms in total. The van der Waals surface area contributed by atoms with E-state index in [4.69, 9.17) is 25.8 Å². The summed E-state index contributed by atoms with van der Waals surface area (Å²) in [6.07, 6.45) is 0.859. The predicted octanol–water partition coefficient (Wildman–Crippen LogP) is 3.25. The van der Waals surface area contributed by atoms with Gasteiger partial charge in [-0.05, 0) is 12.5 Å². The van der Waals surface area contributed by atoms with Crippen LogP contribution in [0.15, 0.2) is 12.1 Å². The summed E-state index contributed by atoms with van der Waals surface area (Å²) in [6.45, 7) is 3.65. The Kier molecular flexibility index (Phi) is 7.84. The van der Waals surface area contributed by atoms with Gasteiger partial charge in [0.15, 0.2) is 0 Å². The summed E-state index contributed by atoms with van der Waals surface area (Å²) >= 11 is 6.10. The fraction of sp³-hybridized carbons (Fsp3) is 0.533. The number of hydrogen-bond acceptors (Lipinski definition) is 4. The third-order valence-electron chi connectivity index (χ3n) is 3.06. The van der Waals surface area contributed by atoms with Gasteiger partial charge in [-0.3, -0.25) is 0 Å². The van der Waals surface area contributed by atoms with E-state index in [1.54, 1.807) is 24.1 Å². The number of urea groups is 1. The van der Waals surface area contributed by atoms with Crippen LogP contribution in [0.25, 0.3) is 0 Å². The van der Waals surface area contributed by atoms with Crippen LogP contribution in [0.5, 0.6) is 11.5 Å². The minimum Gasteiger partial charge on any atom is -0.495 e. The monoisotopic (exact) mass is 330 g/mol. The quantitative estimate of drug-likeness (QED) is 0.795. The molecule has 1 aromatic carbocycles. The number of carbonyl (C=O) groups excluding carboxylic acids is 1. The first-order valence-corrected chi connectivity index (χ1v) is 7.41. The number of rotatable bonds is 8. The average Bonchev–Trinajstić information content (AvgIpc) is 2.51. The first-order chi connectivity index (χ1) is 10.6. The third kappa shape index (κ3) is 4.96. The molecule has 0 heterocycles. The van der Waals surface area contributed by atoms with Gasteiger partial charge in [-0.1, -0.05) is 18.5 Å². The van der Waals surface area contributed by atoms with Gasteiger partial charge in [0.1, 0.15) is 11.5 Å². The zero-order valence-corrected chi connectivity index (χ0v) is 14.2. The highest BCUT2D eigenvalue weighted by atomic mass is 35.5. The van der Waals surface area contributed by atoms with E-state index in [1.807, 2.05) is 6.92 Å². The summed E-state index contributed by atoms with van der Waals surface area (Å²) in [5.41, 5.74) is 0.497. The molecule has 1 aromatic rings. The lowest BCUT2D eigenvalue weighted by molar-refractivity contribution is 0.155. The molecule has 0 saturated carbocycles. The molecule has 0 fully saturated rings. The van der Waals surface area contributed by atoms with E-state index in [-0.39, 0.29) is 6.03 Å². The van der Waals surface area contributed by atoms with Crippen molar-refractivity contribution in [3.63, 3.8) is 0 Å². The number of nitrogens with one attached hydrogen (secondary N) is 1. The largest absolute Gasteiger partial charge is 0.495 e. The van der Waals surface area contributed by atoms with E-state index in [9.17, 15) is 4.79 Å². The molecule has 0 aliphatic rings. The van der Waals surface area contributed by atoms with Crippen molar-refractivity contribution in [1.29, 1.82) is 0 Å². The number of carbonyl (C=O) groups is 1. The molecule has 22 heavy (non-hydrogen) atoms. The van der Waals surface area contributed by atoms with Gasteiger partial charge in [0.25, 0.3) is 0 Å². The van der Waals surface area contributed by atoms with Crippen molar-refractivity contribution in [2.75, 3.05) is 46.3 Å². The number of nitrogens with zero attached hydrogens (tertiary/aromatic N) is 1. The highest BCUT2D eigenvalue weighted by Gasteiger charge is 2.16. The van der Waals surface area contributed by atoms with Crippen LogP contribution in [0.2, 0.25) is 5.02 Å². The smallest absolute Gasteiger partial charge is 0.322 e. The second-order valence-corrected chi connectivity index (χ2v) is 5.00. The van der Waals surface area contributed by atoms with Gasteiger partial charge in [0.05, 0.1) is 31.5 Å². The van der Waals surface area contributed by atoms with Gasteiger partial charge in [-0.15, -0.1) is 0 Å². The summed E-state index contributed by atoms with van der Waals surface area (Å²) in [5, 5.41) is 3.21. The number of hydrogen-bond donors (Lipinski definition) is 1. The van der Waals surface area contributed by atoms with E-state index >= 15 is 0 Å². The molecule has 0 bridgehead atoms. The maximum absolute atomic E-state index is 12.4. The lowest BCUT2D eigenvalue weighted by atomic mass is 10.2. The number of ether oxygens (including phenoxy) is 3. The predicted molar refractivity (Wildman–Crippen MR) is 87.3 cm³/mol. The number of benzene rings is 1. The van der Waals surface area contributed by atoms with Gasteiger partial charge in [0.2, 0.25) is 0 Å². The SMILES string of the molecule is CCCN(CCOC)C(=O)Nc1cc(Cl)c(OC)cc1OC. The molecule has 7 heteroatoms. The van der Waals surface area contributed by atoms with Gasteiger partial charge in [-0.25, -0.2) is 4.79 Å². The summed E-state index contributed by atoms with van der Waals surface area (Å²) in [4.78, 5) is 14.1. The second-order valence-electron chi connectivity index (χ2n) is 4.60. The molecule has 0 spiro atoms. The topological polar surface area (TPSA) is 60.0 Å².